The molecule has 0 spiro atoms. The Morgan fingerprint density at radius 3 is 2.82 bits per heavy atom. The third-order valence-corrected chi connectivity index (χ3v) is 5.81. The summed E-state index contributed by atoms with van der Waals surface area (Å²) in [6.07, 6.45) is 1.62. The molecule has 0 aliphatic carbocycles. The molecule has 2 aromatic rings. The lowest BCUT2D eigenvalue weighted by atomic mass is 10.0. The van der Waals surface area contributed by atoms with E-state index in [2.05, 4.69) is 4.99 Å². The molecule has 8 nitrogen and oxygen atoms in total. The van der Waals surface area contributed by atoms with Crippen LogP contribution in [0.4, 0.5) is 5.69 Å². The Bertz CT molecular complexity index is 1060. The monoisotopic (exact) mass is 419 g/mol. The summed E-state index contributed by atoms with van der Waals surface area (Å²) in [5.74, 6) is -0.571. The standard InChI is InChI=1S/C18H17N3O5S2/c1-25-10-2-3-11-12(15(17(23)24)19-13(11)8-10)9-14-16(22)21(18(27)28-14)20-4-6-26-7-5-20/h2-3,8-9,22H,4-7H2,1H3,(H,23,24)/b12-9+. The number of nitrogens with zero attached hydrogens (tertiary/aromatic N) is 3. The van der Waals surface area contributed by atoms with Gasteiger partial charge in [0.25, 0.3) is 0 Å². The van der Waals surface area contributed by atoms with Crippen molar-refractivity contribution in [3.8, 4) is 11.6 Å². The lowest BCUT2D eigenvalue weighted by molar-refractivity contribution is -0.129. The number of aliphatic imine (C=N–C) groups is 1. The van der Waals surface area contributed by atoms with E-state index in [0.29, 0.717) is 57.7 Å². The lowest BCUT2D eigenvalue weighted by Crippen LogP contribution is -2.43. The first-order valence-electron chi connectivity index (χ1n) is 8.50. The van der Waals surface area contributed by atoms with E-state index in [-0.39, 0.29) is 11.6 Å². The summed E-state index contributed by atoms with van der Waals surface area (Å²) in [6.45, 7) is 2.33. The highest BCUT2D eigenvalue weighted by Gasteiger charge is 2.28. The molecule has 0 saturated carbocycles. The van der Waals surface area contributed by atoms with E-state index in [0.717, 1.165) is 0 Å². The van der Waals surface area contributed by atoms with Gasteiger partial charge < -0.3 is 24.7 Å². The lowest BCUT2D eigenvalue weighted by Gasteiger charge is -2.29. The summed E-state index contributed by atoms with van der Waals surface area (Å²) in [6, 6.07) is 5.18. The highest BCUT2D eigenvalue weighted by molar-refractivity contribution is 7.73. The number of rotatable bonds is 4. The molecule has 3 heterocycles. The molecule has 10 heteroatoms. The number of hydrogen-bond acceptors (Lipinski definition) is 8. The molecule has 2 aliphatic heterocycles. The van der Waals surface area contributed by atoms with Crippen LogP contribution in [0.5, 0.6) is 11.6 Å². The fourth-order valence-corrected chi connectivity index (χ4v) is 4.48. The molecule has 146 valence electrons. The maximum atomic E-state index is 11.7. The summed E-state index contributed by atoms with van der Waals surface area (Å²) in [5.41, 5.74) is 1.51. The van der Waals surface area contributed by atoms with Gasteiger partial charge in [-0.15, -0.1) is 0 Å². The molecule has 1 aromatic carbocycles. The smallest absolute Gasteiger partial charge is 0.355 e. The number of thiazole rings is 1. The number of aromatic nitrogens is 1. The van der Waals surface area contributed by atoms with Gasteiger partial charge in [0.2, 0.25) is 5.88 Å². The molecule has 1 aromatic heterocycles. The van der Waals surface area contributed by atoms with Gasteiger partial charge in [0.05, 0.1) is 44.0 Å². The van der Waals surface area contributed by atoms with Gasteiger partial charge in [0.15, 0.2) is 9.67 Å². The minimum atomic E-state index is -1.14. The zero-order chi connectivity index (χ0) is 19.8. The van der Waals surface area contributed by atoms with Gasteiger partial charge in [0, 0.05) is 17.2 Å². The van der Waals surface area contributed by atoms with Gasteiger partial charge in [-0.2, -0.15) is 0 Å². The van der Waals surface area contributed by atoms with Gasteiger partial charge in [-0.25, -0.2) is 14.5 Å². The second-order valence-electron chi connectivity index (χ2n) is 6.14. The molecule has 0 amide bonds. The maximum Gasteiger partial charge on any atom is 0.355 e. The molecule has 0 radical (unpaired) electrons. The predicted molar refractivity (Wildman–Crippen MR) is 109 cm³/mol. The van der Waals surface area contributed by atoms with Crippen LogP contribution in [0.2, 0.25) is 0 Å². The molecular formula is C18H17N3O5S2. The molecule has 4 rings (SSSR count). The number of hydrogen-bond donors (Lipinski definition) is 2. The Kier molecular flexibility index (Phi) is 4.92. The Morgan fingerprint density at radius 1 is 1.39 bits per heavy atom. The van der Waals surface area contributed by atoms with E-state index in [1.54, 1.807) is 29.0 Å². The highest BCUT2D eigenvalue weighted by Crippen LogP contribution is 2.40. The van der Waals surface area contributed by atoms with Gasteiger partial charge in [-0.3, -0.25) is 0 Å². The number of benzene rings is 1. The van der Waals surface area contributed by atoms with Crippen LogP contribution in [0.3, 0.4) is 0 Å². The topological polar surface area (TPSA) is 96.5 Å². The Labute approximate surface area is 169 Å². The van der Waals surface area contributed by atoms with E-state index in [9.17, 15) is 15.0 Å². The second-order valence-corrected chi connectivity index (χ2v) is 7.82. The van der Waals surface area contributed by atoms with Crippen LogP contribution in [0.15, 0.2) is 23.2 Å². The van der Waals surface area contributed by atoms with Crippen LogP contribution in [0, 0.1) is 3.95 Å². The minimum absolute atomic E-state index is 0.0175. The van der Waals surface area contributed by atoms with Crippen molar-refractivity contribution >= 4 is 52.6 Å². The quantitative estimate of drug-likeness (QED) is 0.736. The number of aliphatic carboxylic acids is 1. The van der Waals surface area contributed by atoms with Crippen molar-refractivity contribution in [2.45, 2.75) is 0 Å². The summed E-state index contributed by atoms with van der Waals surface area (Å²) in [7, 11) is 1.54. The predicted octanol–water partition coefficient (Wildman–Crippen LogP) is 2.67. The molecule has 0 atom stereocenters. The van der Waals surface area contributed by atoms with Crippen LogP contribution in [0.1, 0.15) is 10.4 Å². The Morgan fingerprint density at radius 2 is 2.14 bits per heavy atom. The zero-order valence-electron chi connectivity index (χ0n) is 14.9. The van der Waals surface area contributed by atoms with Crippen molar-refractivity contribution in [1.82, 2.24) is 4.68 Å². The fraction of sp³-hybridized carbons (Fsp3) is 0.278. The van der Waals surface area contributed by atoms with E-state index in [1.165, 1.54) is 18.4 Å². The molecule has 2 N–H and O–H groups in total. The number of aromatic hydroxyl groups is 1. The zero-order valence-corrected chi connectivity index (χ0v) is 16.5. The maximum absolute atomic E-state index is 11.7. The first kappa shape index (κ1) is 18.7. The summed E-state index contributed by atoms with van der Waals surface area (Å²) in [5, 5.41) is 22.2. The van der Waals surface area contributed by atoms with Gasteiger partial charge >= 0.3 is 5.97 Å². The van der Waals surface area contributed by atoms with E-state index in [4.69, 9.17) is 21.7 Å². The van der Waals surface area contributed by atoms with Crippen molar-refractivity contribution in [3.63, 3.8) is 0 Å². The van der Waals surface area contributed by atoms with E-state index < -0.39 is 5.97 Å². The molecule has 2 aliphatic rings. The summed E-state index contributed by atoms with van der Waals surface area (Å²) < 4.78 is 12.6. The van der Waals surface area contributed by atoms with Crippen molar-refractivity contribution in [1.29, 1.82) is 0 Å². The highest BCUT2D eigenvalue weighted by atomic mass is 32.1. The molecule has 1 fully saturated rings. The largest absolute Gasteiger partial charge is 0.497 e. The van der Waals surface area contributed by atoms with Crippen molar-refractivity contribution < 1.29 is 24.5 Å². The third kappa shape index (κ3) is 3.19. The average Bonchev–Trinajstić information content (AvgIpc) is 3.19. The number of fused-ring (bicyclic) bond motifs is 1. The van der Waals surface area contributed by atoms with Crippen molar-refractivity contribution in [2.24, 2.45) is 4.99 Å². The number of methoxy groups -OCH3 is 1. The van der Waals surface area contributed by atoms with Crippen LogP contribution in [-0.2, 0) is 9.53 Å². The van der Waals surface area contributed by atoms with Gasteiger partial charge in [-0.1, -0.05) is 11.3 Å². The van der Waals surface area contributed by atoms with E-state index in [1.807, 2.05) is 5.01 Å². The minimum Gasteiger partial charge on any atom is -0.497 e. The number of carbonyl (C=O) groups is 1. The van der Waals surface area contributed by atoms with Gasteiger partial charge in [0.1, 0.15) is 5.75 Å². The summed E-state index contributed by atoms with van der Waals surface area (Å²) in [4.78, 5) is 16.4. The first-order chi connectivity index (χ1) is 13.5. The van der Waals surface area contributed by atoms with E-state index >= 15 is 0 Å². The van der Waals surface area contributed by atoms with Crippen molar-refractivity contribution in [3.05, 3.63) is 32.6 Å². The molecule has 0 unspecified atom stereocenters. The molecule has 28 heavy (non-hydrogen) atoms. The molecule has 1 saturated heterocycles. The number of morpholine rings is 1. The first-order valence-corrected chi connectivity index (χ1v) is 9.72. The third-order valence-electron chi connectivity index (χ3n) is 4.52. The van der Waals surface area contributed by atoms with Crippen LogP contribution >= 0.6 is 23.6 Å². The van der Waals surface area contributed by atoms with Crippen LogP contribution in [-0.4, -0.2) is 60.0 Å². The average molecular weight is 419 g/mol. The fourth-order valence-electron chi connectivity index (χ4n) is 3.18. The molecular weight excluding hydrogens is 402 g/mol. The number of carboxylic acids is 1. The summed E-state index contributed by atoms with van der Waals surface area (Å²) >= 11 is 6.63. The normalized spacial score (nSPS) is 17.5. The Hall–Kier alpha value is -2.69. The molecule has 0 bridgehead atoms. The van der Waals surface area contributed by atoms with Crippen molar-refractivity contribution in [2.75, 3.05) is 38.4 Å². The van der Waals surface area contributed by atoms with Crippen LogP contribution in [0.25, 0.3) is 11.6 Å². The Balaban J connectivity index is 1.80. The number of ether oxygens (including phenoxy) is 2. The number of carboxylic acid groups (broad SMARTS) is 1. The second kappa shape index (κ2) is 7.38. The SMILES string of the molecule is COc1ccc2c(c1)N=C(C(=O)O)/C2=C/c1sc(=S)n(N2CCOCC2)c1O. The van der Waals surface area contributed by atoms with Gasteiger partial charge in [-0.05, 0) is 30.4 Å². The van der Waals surface area contributed by atoms with Crippen LogP contribution < -0.4 is 9.75 Å².